The molecule has 0 unspecified atom stereocenters. The van der Waals surface area contributed by atoms with E-state index in [-0.39, 0.29) is 0 Å². The van der Waals surface area contributed by atoms with Crippen LogP contribution in [0.5, 0.6) is 0 Å². The Balaban J connectivity index is 1.98. The number of nitrogens with one attached hydrogen (secondary N) is 2. The Bertz CT molecular complexity index is 584. The Morgan fingerprint density at radius 3 is 2.58 bits per heavy atom. The number of carbonyl (C=O) groups excluding carboxylic acids is 2. The second-order valence-electron chi connectivity index (χ2n) is 6.61. The lowest BCUT2D eigenvalue weighted by atomic mass is 9.99. The maximum atomic E-state index is 12.7. The Morgan fingerprint density at radius 1 is 1.35 bits per heavy atom. The fourth-order valence-corrected chi connectivity index (χ4v) is 3.24. The smallest absolute Gasteiger partial charge is 0.384 e. The van der Waals surface area contributed by atoms with Crippen molar-refractivity contribution in [2.75, 3.05) is 33.4 Å². The number of ether oxygens (including phenoxy) is 1. The third kappa shape index (κ3) is 5.57. The van der Waals surface area contributed by atoms with Crippen molar-refractivity contribution in [3.63, 3.8) is 0 Å². The summed E-state index contributed by atoms with van der Waals surface area (Å²) in [6.45, 7) is 6.49. The Morgan fingerprint density at radius 2 is 2.00 bits per heavy atom. The summed E-state index contributed by atoms with van der Waals surface area (Å²) in [5.41, 5.74) is -0.343. The highest BCUT2D eigenvalue weighted by molar-refractivity contribution is 6.03. The van der Waals surface area contributed by atoms with E-state index in [0.29, 0.717) is 44.7 Å². The molecule has 9 heteroatoms. The fraction of sp³-hybridized carbons (Fsp3) is 0.647. The third-order valence-electron chi connectivity index (χ3n) is 4.58. The normalized spacial score (nSPS) is 23.2. The monoisotopic (exact) mass is 375 g/mol. The Hall–Kier alpha value is -1.87. The lowest BCUT2D eigenvalue weighted by Crippen LogP contribution is -2.47. The van der Waals surface area contributed by atoms with Gasteiger partial charge in [-0.05, 0) is 25.2 Å². The van der Waals surface area contributed by atoms with Crippen molar-refractivity contribution in [3.05, 3.63) is 23.9 Å². The minimum absolute atomic E-state index is 0.352. The van der Waals surface area contributed by atoms with Crippen molar-refractivity contribution in [2.45, 2.75) is 31.5 Å². The first-order valence-corrected chi connectivity index (χ1v) is 8.50. The highest BCUT2D eigenvalue weighted by Gasteiger charge is 2.36. The molecule has 2 aliphatic rings. The minimum Gasteiger partial charge on any atom is -0.384 e. The Kier molecular flexibility index (Phi) is 6.82. The van der Waals surface area contributed by atoms with Gasteiger partial charge in [0.15, 0.2) is 0 Å². The molecule has 2 aliphatic heterocycles. The van der Waals surface area contributed by atoms with E-state index in [9.17, 15) is 22.8 Å². The molecule has 2 N–H and O–H groups in total. The van der Waals surface area contributed by atoms with Crippen molar-refractivity contribution < 1.29 is 27.5 Å². The average Bonchev–Trinajstić information content (AvgIpc) is 2.93. The van der Waals surface area contributed by atoms with Gasteiger partial charge in [0.1, 0.15) is 5.70 Å². The molecule has 0 aromatic heterocycles. The number of imide groups is 1. The van der Waals surface area contributed by atoms with Gasteiger partial charge < -0.3 is 10.1 Å². The van der Waals surface area contributed by atoms with Gasteiger partial charge in [-0.15, -0.1) is 0 Å². The molecule has 0 radical (unpaired) electrons. The number of amides is 2. The van der Waals surface area contributed by atoms with E-state index >= 15 is 0 Å². The van der Waals surface area contributed by atoms with Gasteiger partial charge in [0.05, 0.1) is 6.04 Å². The largest absolute Gasteiger partial charge is 0.431 e. The summed E-state index contributed by atoms with van der Waals surface area (Å²) >= 11 is 0. The topological polar surface area (TPSA) is 70.7 Å². The van der Waals surface area contributed by atoms with Crippen LogP contribution in [0.4, 0.5) is 13.2 Å². The quantitative estimate of drug-likeness (QED) is 0.561. The van der Waals surface area contributed by atoms with Gasteiger partial charge in [-0.2, -0.15) is 13.2 Å². The number of hydrogen-bond donors (Lipinski definition) is 2. The molecule has 1 atom stereocenters. The van der Waals surface area contributed by atoms with Crippen LogP contribution in [-0.4, -0.2) is 62.3 Å². The summed E-state index contributed by atoms with van der Waals surface area (Å²) in [4.78, 5) is 26.1. The van der Waals surface area contributed by atoms with E-state index < -0.39 is 29.7 Å². The second kappa shape index (κ2) is 8.68. The van der Waals surface area contributed by atoms with Crippen LogP contribution < -0.4 is 10.6 Å². The molecule has 0 aromatic rings. The number of allylic oxidation sites excluding steroid dienone is 1. The molecule has 0 aromatic carbocycles. The van der Waals surface area contributed by atoms with E-state index in [1.54, 1.807) is 0 Å². The summed E-state index contributed by atoms with van der Waals surface area (Å²) in [6.07, 6.45) is -2.15. The van der Waals surface area contributed by atoms with E-state index in [4.69, 9.17) is 4.74 Å². The zero-order valence-electron chi connectivity index (χ0n) is 14.7. The molecule has 2 rings (SSSR count). The van der Waals surface area contributed by atoms with Crippen molar-refractivity contribution in [1.82, 2.24) is 15.5 Å². The molecule has 0 aliphatic carbocycles. The molecule has 2 amide bonds. The van der Waals surface area contributed by atoms with Gasteiger partial charge in [-0.3, -0.25) is 19.8 Å². The van der Waals surface area contributed by atoms with Crippen LogP contribution in [0.15, 0.2) is 23.9 Å². The van der Waals surface area contributed by atoms with Gasteiger partial charge in [0.25, 0.3) is 5.91 Å². The SMILES string of the molecule is C=C1C[C@@H](C(=O)NC(=O)C=C(NC)C(F)(F)F)N(CC2CCOCC2)C1. The molecule has 0 spiro atoms. The van der Waals surface area contributed by atoms with Crippen molar-refractivity contribution >= 4 is 11.8 Å². The van der Waals surface area contributed by atoms with Gasteiger partial charge >= 0.3 is 6.18 Å². The molecule has 0 saturated carbocycles. The van der Waals surface area contributed by atoms with Crippen molar-refractivity contribution in [2.24, 2.45) is 5.92 Å². The number of hydrogen-bond acceptors (Lipinski definition) is 5. The average molecular weight is 375 g/mol. The van der Waals surface area contributed by atoms with Gasteiger partial charge in [-0.1, -0.05) is 12.2 Å². The number of carbonyl (C=O) groups is 2. The molecule has 26 heavy (non-hydrogen) atoms. The van der Waals surface area contributed by atoms with Crippen LogP contribution >= 0.6 is 0 Å². The summed E-state index contributed by atoms with van der Waals surface area (Å²) in [5.74, 6) is -1.31. The highest BCUT2D eigenvalue weighted by atomic mass is 19.4. The zero-order chi connectivity index (χ0) is 19.3. The first-order chi connectivity index (χ1) is 12.2. The minimum atomic E-state index is -4.69. The lowest BCUT2D eigenvalue weighted by Gasteiger charge is -2.29. The van der Waals surface area contributed by atoms with E-state index in [1.807, 2.05) is 15.5 Å². The Labute approximate surface area is 150 Å². The molecule has 2 heterocycles. The standard InChI is InChI=1S/C17H24F3N3O3/c1-11-7-13(23(9-11)10-12-3-5-26-6-4-12)16(25)22-15(24)8-14(21-2)17(18,19)20/h8,12-13,21H,1,3-7,9-10H2,2H3,(H,22,24,25)/t13-/m0/s1. The van der Waals surface area contributed by atoms with E-state index in [1.165, 1.54) is 0 Å². The summed E-state index contributed by atoms with van der Waals surface area (Å²) < 4.78 is 43.3. The lowest BCUT2D eigenvalue weighted by molar-refractivity contribution is -0.132. The second-order valence-corrected chi connectivity index (χ2v) is 6.61. The van der Waals surface area contributed by atoms with Gasteiger partial charge in [0, 0.05) is 39.4 Å². The summed E-state index contributed by atoms with van der Waals surface area (Å²) in [5, 5.41) is 3.96. The molecule has 2 saturated heterocycles. The van der Waals surface area contributed by atoms with E-state index in [2.05, 4.69) is 6.58 Å². The predicted octanol–water partition coefficient (Wildman–Crippen LogP) is 1.35. The number of rotatable bonds is 5. The van der Waals surface area contributed by atoms with Crippen LogP contribution in [0.3, 0.4) is 0 Å². The summed E-state index contributed by atoms with van der Waals surface area (Å²) in [6, 6.07) is -0.591. The maximum Gasteiger partial charge on any atom is 0.431 e. The first-order valence-electron chi connectivity index (χ1n) is 8.50. The van der Waals surface area contributed by atoms with Crippen LogP contribution in [0.2, 0.25) is 0 Å². The van der Waals surface area contributed by atoms with Crippen molar-refractivity contribution in [3.8, 4) is 0 Å². The number of alkyl halides is 3. The summed E-state index contributed by atoms with van der Waals surface area (Å²) in [7, 11) is 1.06. The van der Waals surface area contributed by atoms with Crippen LogP contribution in [0.25, 0.3) is 0 Å². The van der Waals surface area contributed by atoms with Crippen LogP contribution in [-0.2, 0) is 14.3 Å². The van der Waals surface area contributed by atoms with Crippen LogP contribution in [0, 0.1) is 5.92 Å². The fourth-order valence-electron chi connectivity index (χ4n) is 3.24. The molecule has 146 valence electrons. The molecular formula is C17H24F3N3O3. The molecule has 2 fully saturated rings. The van der Waals surface area contributed by atoms with E-state index in [0.717, 1.165) is 25.5 Å². The molecular weight excluding hydrogens is 351 g/mol. The third-order valence-corrected chi connectivity index (χ3v) is 4.58. The number of likely N-dealkylation sites (tertiary alicyclic amines) is 1. The first kappa shape index (κ1) is 20.4. The highest BCUT2D eigenvalue weighted by Crippen LogP contribution is 2.26. The van der Waals surface area contributed by atoms with Crippen LogP contribution in [0.1, 0.15) is 19.3 Å². The molecule has 6 nitrogen and oxygen atoms in total. The van der Waals surface area contributed by atoms with Crippen molar-refractivity contribution in [1.29, 1.82) is 0 Å². The number of nitrogens with zero attached hydrogens (tertiary/aromatic N) is 1. The zero-order valence-corrected chi connectivity index (χ0v) is 14.7. The maximum absolute atomic E-state index is 12.7. The predicted molar refractivity (Wildman–Crippen MR) is 89.0 cm³/mol. The molecule has 0 bridgehead atoms. The number of halogens is 3. The van der Waals surface area contributed by atoms with Gasteiger partial charge in [-0.25, -0.2) is 0 Å². The van der Waals surface area contributed by atoms with Gasteiger partial charge in [0.2, 0.25) is 5.91 Å².